The lowest BCUT2D eigenvalue weighted by Crippen LogP contribution is -2.29. The second-order valence-corrected chi connectivity index (χ2v) is 9.32. The molecule has 0 fully saturated rings. The van der Waals surface area contributed by atoms with Crippen molar-refractivity contribution in [2.75, 3.05) is 56.9 Å². The summed E-state index contributed by atoms with van der Waals surface area (Å²) in [5, 5.41) is 6.41. The van der Waals surface area contributed by atoms with Gasteiger partial charge in [-0.25, -0.2) is 18.7 Å². The number of hydrogen-bond donors (Lipinski definition) is 2. The molecule has 0 aliphatic rings. The van der Waals surface area contributed by atoms with Crippen molar-refractivity contribution in [2.45, 2.75) is 0 Å². The molecule has 204 valence electrons. The summed E-state index contributed by atoms with van der Waals surface area (Å²) in [7, 11) is 9.14. The second kappa shape index (κ2) is 11.5. The van der Waals surface area contributed by atoms with E-state index in [1.54, 1.807) is 43.3 Å². The van der Waals surface area contributed by atoms with E-state index in [2.05, 4.69) is 32.1 Å². The van der Waals surface area contributed by atoms with E-state index in [-0.39, 0.29) is 17.4 Å². The quantitative estimate of drug-likeness (QED) is 0.283. The highest BCUT2D eigenvalue weighted by atomic mass is 19.1. The topological polar surface area (TPSA) is 87.5 Å². The first-order valence-corrected chi connectivity index (χ1v) is 12.2. The number of aromatic nitrogens is 3. The molecule has 0 saturated carbocycles. The van der Waals surface area contributed by atoms with E-state index in [4.69, 9.17) is 4.74 Å². The van der Waals surface area contributed by atoms with Crippen LogP contribution in [0, 0.1) is 11.6 Å². The zero-order valence-electron chi connectivity index (χ0n) is 22.5. The van der Waals surface area contributed by atoms with Gasteiger partial charge in [0.25, 0.3) is 0 Å². The third kappa shape index (κ3) is 5.99. The summed E-state index contributed by atoms with van der Waals surface area (Å²) in [5.41, 5.74) is 3.11. The van der Waals surface area contributed by atoms with Crippen molar-refractivity contribution in [2.24, 2.45) is 7.05 Å². The van der Waals surface area contributed by atoms with Gasteiger partial charge in [-0.15, -0.1) is 0 Å². The largest absolute Gasteiger partial charge is 0.494 e. The van der Waals surface area contributed by atoms with Gasteiger partial charge in [0, 0.05) is 62.7 Å². The molecule has 0 bridgehead atoms. The molecule has 2 aromatic heterocycles. The zero-order valence-corrected chi connectivity index (χ0v) is 22.5. The normalized spacial score (nSPS) is 11.1. The molecule has 4 aromatic rings. The molecule has 1 amide bonds. The Balaban J connectivity index is 1.73. The maximum atomic E-state index is 14.5. The Bertz CT molecular complexity index is 1530. The zero-order chi connectivity index (χ0) is 28.3. The van der Waals surface area contributed by atoms with Crippen molar-refractivity contribution >= 4 is 39.8 Å². The molecule has 0 radical (unpaired) electrons. The first kappa shape index (κ1) is 27.5. The fraction of sp³-hybridized carbons (Fsp3) is 0.250. The van der Waals surface area contributed by atoms with Crippen LogP contribution in [0.25, 0.3) is 22.2 Å². The number of likely N-dealkylation sites (N-methyl/N-ethyl adjacent to an activating group) is 2. The number of aryl methyl sites for hydroxylation is 1. The fourth-order valence-corrected chi connectivity index (χ4v) is 4.26. The van der Waals surface area contributed by atoms with Crippen molar-refractivity contribution in [1.82, 2.24) is 19.4 Å². The number of carbonyl (C=O) groups is 1. The van der Waals surface area contributed by atoms with E-state index in [1.165, 1.54) is 12.1 Å². The maximum absolute atomic E-state index is 14.5. The van der Waals surface area contributed by atoms with E-state index in [0.29, 0.717) is 40.3 Å². The van der Waals surface area contributed by atoms with Gasteiger partial charge in [-0.1, -0.05) is 6.58 Å². The standard InChI is InChI=1S/C28H31F2N7O2/c1-7-26(38)32-22-14-23(25(39-6)15-24(22)36(4)11-10-35(2)3)34-28-31-9-8-21(33-28)19-16-37(5)27-18(19)12-17(29)13-20(27)30/h7-9,12-16H,1,10-11H2,2-6H3,(H,32,38)(H,31,33,34). The average Bonchev–Trinajstić information content (AvgIpc) is 3.23. The smallest absolute Gasteiger partial charge is 0.247 e. The molecule has 2 heterocycles. The lowest BCUT2D eigenvalue weighted by Gasteiger charge is -2.26. The average molecular weight is 536 g/mol. The second-order valence-electron chi connectivity index (χ2n) is 9.32. The Morgan fingerprint density at radius 1 is 1.15 bits per heavy atom. The summed E-state index contributed by atoms with van der Waals surface area (Å²) >= 11 is 0. The van der Waals surface area contributed by atoms with Crippen LogP contribution in [0.4, 0.5) is 31.8 Å². The van der Waals surface area contributed by atoms with Gasteiger partial charge in [0.1, 0.15) is 17.4 Å². The first-order chi connectivity index (χ1) is 18.6. The van der Waals surface area contributed by atoms with Gasteiger partial charge >= 0.3 is 0 Å². The van der Waals surface area contributed by atoms with E-state index < -0.39 is 11.6 Å². The van der Waals surface area contributed by atoms with Gasteiger partial charge < -0.3 is 29.7 Å². The molecule has 0 atom stereocenters. The molecule has 2 N–H and O–H groups in total. The monoisotopic (exact) mass is 535 g/mol. The van der Waals surface area contributed by atoms with Gasteiger partial charge in [-0.05, 0) is 38.4 Å². The highest BCUT2D eigenvalue weighted by molar-refractivity contribution is 6.02. The van der Waals surface area contributed by atoms with Gasteiger partial charge in [0.15, 0.2) is 0 Å². The van der Waals surface area contributed by atoms with Crippen molar-refractivity contribution < 1.29 is 18.3 Å². The molecule has 39 heavy (non-hydrogen) atoms. The van der Waals surface area contributed by atoms with Gasteiger partial charge in [-0.3, -0.25) is 4.79 Å². The van der Waals surface area contributed by atoms with Gasteiger partial charge in [0.2, 0.25) is 11.9 Å². The number of anilines is 4. The summed E-state index contributed by atoms with van der Waals surface area (Å²) in [5.74, 6) is -0.951. The van der Waals surface area contributed by atoms with Crippen LogP contribution >= 0.6 is 0 Å². The molecule has 0 unspecified atom stereocenters. The van der Waals surface area contributed by atoms with Crippen molar-refractivity contribution in [3.05, 3.63) is 67.0 Å². The van der Waals surface area contributed by atoms with Crippen LogP contribution < -0.4 is 20.3 Å². The Morgan fingerprint density at radius 3 is 2.62 bits per heavy atom. The molecule has 2 aromatic carbocycles. The van der Waals surface area contributed by atoms with Gasteiger partial charge in [0.05, 0.1) is 35.4 Å². The molecule has 0 spiro atoms. The molecule has 11 heteroatoms. The number of nitrogens with one attached hydrogen (secondary N) is 2. The number of hydrogen-bond acceptors (Lipinski definition) is 7. The number of benzene rings is 2. The summed E-state index contributed by atoms with van der Waals surface area (Å²) in [6.45, 7) is 5.05. The molecule has 4 rings (SSSR count). The van der Waals surface area contributed by atoms with Gasteiger partial charge in [-0.2, -0.15) is 0 Å². The highest BCUT2D eigenvalue weighted by Gasteiger charge is 2.18. The Kier molecular flexibility index (Phi) is 8.10. The molecular weight excluding hydrogens is 504 g/mol. The van der Waals surface area contributed by atoms with Crippen molar-refractivity contribution in [1.29, 1.82) is 0 Å². The minimum Gasteiger partial charge on any atom is -0.494 e. The van der Waals surface area contributed by atoms with Crippen molar-refractivity contribution in [3.8, 4) is 17.0 Å². The Hall–Kier alpha value is -4.51. The summed E-state index contributed by atoms with van der Waals surface area (Å²) in [6.07, 6.45) is 4.44. The number of halogens is 2. The maximum Gasteiger partial charge on any atom is 0.247 e. The van der Waals surface area contributed by atoms with Crippen LogP contribution in [-0.4, -0.2) is 66.7 Å². The van der Waals surface area contributed by atoms with Crippen LogP contribution in [0.3, 0.4) is 0 Å². The predicted octanol–water partition coefficient (Wildman–Crippen LogP) is 4.79. The molecular formula is C28H31F2N7O2. The minimum absolute atomic E-state index is 0.231. The van der Waals surface area contributed by atoms with Crippen molar-refractivity contribution in [3.63, 3.8) is 0 Å². The summed E-state index contributed by atoms with van der Waals surface area (Å²) < 4.78 is 35.7. The van der Waals surface area contributed by atoms with Crippen LogP contribution in [0.1, 0.15) is 0 Å². The van der Waals surface area contributed by atoms with Crippen LogP contribution in [0.5, 0.6) is 5.75 Å². The highest BCUT2D eigenvalue weighted by Crippen LogP contribution is 2.38. The van der Waals surface area contributed by atoms with Crippen LogP contribution in [0.2, 0.25) is 0 Å². The summed E-state index contributed by atoms with van der Waals surface area (Å²) in [4.78, 5) is 25.2. The van der Waals surface area contributed by atoms with E-state index >= 15 is 0 Å². The number of methoxy groups -OCH3 is 1. The van der Waals surface area contributed by atoms with Crippen LogP contribution in [-0.2, 0) is 11.8 Å². The number of amides is 1. The van der Waals surface area contributed by atoms with E-state index in [1.807, 2.05) is 32.1 Å². The number of carbonyl (C=O) groups excluding carboxylic acids is 1. The third-order valence-electron chi connectivity index (χ3n) is 6.23. The summed E-state index contributed by atoms with van der Waals surface area (Å²) in [6, 6.07) is 7.36. The lowest BCUT2D eigenvalue weighted by atomic mass is 10.1. The number of rotatable bonds is 10. The Morgan fingerprint density at radius 2 is 1.92 bits per heavy atom. The molecule has 0 aliphatic carbocycles. The van der Waals surface area contributed by atoms with Crippen LogP contribution in [0.15, 0.2) is 55.4 Å². The van der Waals surface area contributed by atoms with E-state index in [9.17, 15) is 13.6 Å². The predicted molar refractivity (Wildman–Crippen MR) is 151 cm³/mol. The first-order valence-electron chi connectivity index (χ1n) is 12.2. The molecule has 9 nitrogen and oxygen atoms in total. The Labute approximate surface area is 225 Å². The minimum atomic E-state index is -0.672. The third-order valence-corrected chi connectivity index (χ3v) is 6.23. The number of ether oxygens (including phenoxy) is 1. The number of fused-ring (bicyclic) bond motifs is 1. The SMILES string of the molecule is C=CC(=O)Nc1cc(Nc2nccc(-c3cn(C)c4c(F)cc(F)cc34)n2)c(OC)cc1N(C)CCN(C)C. The fourth-order valence-electron chi connectivity index (χ4n) is 4.26. The number of nitrogens with zero attached hydrogens (tertiary/aromatic N) is 5. The molecule has 0 aliphatic heterocycles. The lowest BCUT2D eigenvalue weighted by molar-refractivity contribution is -0.111. The van der Waals surface area contributed by atoms with E-state index in [0.717, 1.165) is 18.3 Å². The molecule has 0 saturated heterocycles.